The van der Waals surface area contributed by atoms with E-state index in [-0.39, 0.29) is 23.6 Å². The summed E-state index contributed by atoms with van der Waals surface area (Å²) in [6.45, 7) is 4.68. The summed E-state index contributed by atoms with van der Waals surface area (Å²) in [7, 11) is 1.26. The number of hydrogen-bond acceptors (Lipinski definition) is 4. The molecule has 90 valence electrons. The van der Waals surface area contributed by atoms with Crippen molar-refractivity contribution in [3.8, 4) is 0 Å². The highest BCUT2D eigenvalue weighted by Gasteiger charge is 2.18. The average molecular weight is 226 g/mol. The molecule has 0 unspecified atom stereocenters. The minimum atomic E-state index is -0.500. The van der Waals surface area contributed by atoms with Crippen LogP contribution >= 0.6 is 0 Å². The molecular formula is C12H18O4. The number of ether oxygens (including phenoxy) is 1. The quantitative estimate of drug-likeness (QED) is 0.512. The van der Waals surface area contributed by atoms with Gasteiger partial charge < -0.3 is 4.74 Å². The molecule has 0 rings (SSSR count). The first-order valence-electron chi connectivity index (χ1n) is 5.24. The van der Waals surface area contributed by atoms with Crippen molar-refractivity contribution in [2.45, 2.75) is 40.0 Å². The standard InChI is InChI=1S/C12H18O4/c1-5-6-10(8(2)13)11(9(3)14)7-12(15)16-4/h5-7H2,1-4H3/b11-10-. The second kappa shape index (κ2) is 6.93. The topological polar surface area (TPSA) is 60.4 Å². The fraction of sp³-hybridized carbons (Fsp3) is 0.583. The van der Waals surface area contributed by atoms with Crippen LogP contribution in [0.2, 0.25) is 0 Å². The zero-order valence-electron chi connectivity index (χ0n) is 10.3. The van der Waals surface area contributed by atoms with Crippen LogP contribution in [0.3, 0.4) is 0 Å². The molecule has 0 saturated carbocycles. The normalized spacial score (nSPS) is 11.8. The largest absolute Gasteiger partial charge is 0.469 e. The number of carbonyl (C=O) groups excluding carboxylic acids is 3. The Morgan fingerprint density at radius 2 is 1.50 bits per heavy atom. The summed E-state index contributed by atoms with van der Waals surface area (Å²) in [5, 5.41) is 0. The van der Waals surface area contributed by atoms with Gasteiger partial charge in [-0.15, -0.1) is 0 Å². The Bertz CT molecular complexity index is 326. The zero-order valence-corrected chi connectivity index (χ0v) is 10.3. The van der Waals surface area contributed by atoms with Crippen LogP contribution in [-0.2, 0) is 19.1 Å². The number of methoxy groups -OCH3 is 1. The second-order valence-electron chi connectivity index (χ2n) is 3.57. The number of allylic oxidation sites excluding steroid dienone is 1. The average Bonchev–Trinajstić information content (AvgIpc) is 2.22. The smallest absolute Gasteiger partial charge is 0.310 e. The van der Waals surface area contributed by atoms with Gasteiger partial charge in [0.1, 0.15) is 0 Å². The summed E-state index contributed by atoms with van der Waals surface area (Å²) in [4.78, 5) is 33.9. The molecular weight excluding hydrogens is 208 g/mol. The van der Waals surface area contributed by atoms with Crippen molar-refractivity contribution in [1.29, 1.82) is 0 Å². The molecule has 16 heavy (non-hydrogen) atoms. The molecule has 0 atom stereocenters. The van der Waals surface area contributed by atoms with Gasteiger partial charge >= 0.3 is 5.97 Å². The molecule has 0 aromatic heterocycles. The van der Waals surface area contributed by atoms with Crippen LogP contribution in [0, 0.1) is 0 Å². The van der Waals surface area contributed by atoms with E-state index >= 15 is 0 Å². The lowest BCUT2D eigenvalue weighted by Gasteiger charge is -2.09. The fourth-order valence-corrected chi connectivity index (χ4v) is 1.45. The van der Waals surface area contributed by atoms with Gasteiger partial charge in [0.05, 0.1) is 13.5 Å². The van der Waals surface area contributed by atoms with Gasteiger partial charge in [-0.3, -0.25) is 14.4 Å². The molecule has 0 aliphatic rings. The lowest BCUT2D eigenvalue weighted by molar-refractivity contribution is -0.140. The monoisotopic (exact) mass is 226 g/mol. The van der Waals surface area contributed by atoms with Gasteiger partial charge in [0.15, 0.2) is 11.6 Å². The predicted molar refractivity (Wildman–Crippen MR) is 59.9 cm³/mol. The van der Waals surface area contributed by atoms with Gasteiger partial charge in [-0.25, -0.2) is 0 Å². The van der Waals surface area contributed by atoms with Gasteiger partial charge in [-0.05, 0) is 20.3 Å². The number of Topliss-reactive ketones (excluding diaryl/α,β-unsaturated/α-hetero) is 2. The Morgan fingerprint density at radius 3 is 1.81 bits per heavy atom. The van der Waals surface area contributed by atoms with Crippen molar-refractivity contribution in [2.24, 2.45) is 0 Å². The number of hydrogen-bond donors (Lipinski definition) is 0. The van der Waals surface area contributed by atoms with Crippen LogP contribution in [0.5, 0.6) is 0 Å². The minimum absolute atomic E-state index is 0.124. The summed E-state index contributed by atoms with van der Waals surface area (Å²) in [5.41, 5.74) is 0.724. The summed E-state index contributed by atoms with van der Waals surface area (Å²) >= 11 is 0. The van der Waals surface area contributed by atoms with Crippen LogP contribution in [0.25, 0.3) is 0 Å². The van der Waals surface area contributed by atoms with Crippen LogP contribution in [0.15, 0.2) is 11.1 Å². The van der Waals surface area contributed by atoms with E-state index in [0.717, 1.165) is 6.42 Å². The SMILES string of the molecule is CCC/C(C(C)=O)=C(\CC(=O)OC)C(C)=O. The highest BCUT2D eigenvalue weighted by atomic mass is 16.5. The van der Waals surface area contributed by atoms with Crippen molar-refractivity contribution < 1.29 is 19.1 Å². The number of esters is 1. The highest BCUT2D eigenvalue weighted by Crippen LogP contribution is 2.17. The summed E-state index contributed by atoms with van der Waals surface area (Å²) in [6.07, 6.45) is 1.15. The van der Waals surface area contributed by atoms with E-state index in [1.165, 1.54) is 21.0 Å². The van der Waals surface area contributed by atoms with Gasteiger partial charge in [-0.2, -0.15) is 0 Å². The molecule has 4 heteroatoms. The van der Waals surface area contributed by atoms with Crippen molar-refractivity contribution in [3.63, 3.8) is 0 Å². The Hall–Kier alpha value is -1.45. The summed E-state index contributed by atoms with van der Waals surface area (Å²) < 4.78 is 4.50. The number of carbonyl (C=O) groups is 3. The molecule has 0 saturated heterocycles. The van der Waals surface area contributed by atoms with Gasteiger partial charge in [0.2, 0.25) is 0 Å². The molecule has 0 fully saturated rings. The maximum Gasteiger partial charge on any atom is 0.310 e. The lowest BCUT2D eigenvalue weighted by Crippen LogP contribution is -2.13. The van der Waals surface area contributed by atoms with E-state index in [2.05, 4.69) is 4.74 Å². The molecule has 4 nitrogen and oxygen atoms in total. The van der Waals surface area contributed by atoms with Crippen LogP contribution in [0.1, 0.15) is 40.0 Å². The lowest BCUT2D eigenvalue weighted by atomic mass is 9.95. The highest BCUT2D eigenvalue weighted by molar-refractivity contribution is 6.06. The second-order valence-corrected chi connectivity index (χ2v) is 3.57. The third-order valence-electron chi connectivity index (χ3n) is 2.26. The molecule has 0 aromatic carbocycles. The van der Waals surface area contributed by atoms with Gasteiger partial charge in [0.25, 0.3) is 0 Å². The Balaban J connectivity index is 5.22. The van der Waals surface area contributed by atoms with Crippen molar-refractivity contribution >= 4 is 17.5 Å². The molecule has 0 aromatic rings. The number of rotatable bonds is 6. The maximum absolute atomic E-state index is 11.4. The molecule has 0 radical (unpaired) electrons. The molecule has 0 amide bonds. The molecule has 0 heterocycles. The molecule has 0 aliphatic carbocycles. The van der Waals surface area contributed by atoms with E-state index in [0.29, 0.717) is 12.0 Å². The third kappa shape index (κ3) is 4.38. The van der Waals surface area contributed by atoms with Crippen LogP contribution in [-0.4, -0.2) is 24.6 Å². The molecule has 0 aliphatic heterocycles. The summed E-state index contributed by atoms with van der Waals surface area (Å²) in [6, 6.07) is 0. The minimum Gasteiger partial charge on any atom is -0.469 e. The zero-order chi connectivity index (χ0) is 12.7. The Morgan fingerprint density at radius 1 is 1.00 bits per heavy atom. The van der Waals surface area contributed by atoms with E-state index in [1.807, 2.05) is 6.92 Å². The van der Waals surface area contributed by atoms with Crippen molar-refractivity contribution in [1.82, 2.24) is 0 Å². The van der Waals surface area contributed by atoms with E-state index in [1.54, 1.807) is 0 Å². The first kappa shape index (κ1) is 14.6. The van der Waals surface area contributed by atoms with E-state index in [4.69, 9.17) is 0 Å². The van der Waals surface area contributed by atoms with Crippen molar-refractivity contribution in [2.75, 3.05) is 7.11 Å². The van der Waals surface area contributed by atoms with Gasteiger partial charge in [0, 0.05) is 11.1 Å². The predicted octanol–water partition coefficient (Wildman–Crippen LogP) is 1.82. The molecule has 0 N–H and O–H groups in total. The van der Waals surface area contributed by atoms with Gasteiger partial charge in [-0.1, -0.05) is 13.3 Å². The van der Waals surface area contributed by atoms with E-state index < -0.39 is 5.97 Å². The molecule has 0 bridgehead atoms. The fourth-order valence-electron chi connectivity index (χ4n) is 1.45. The maximum atomic E-state index is 11.4. The Labute approximate surface area is 95.7 Å². The first-order chi connectivity index (χ1) is 7.43. The van der Waals surface area contributed by atoms with Crippen molar-refractivity contribution in [3.05, 3.63) is 11.1 Å². The van der Waals surface area contributed by atoms with Crippen LogP contribution < -0.4 is 0 Å². The third-order valence-corrected chi connectivity index (χ3v) is 2.26. The molecule has 0 spiro atoms. The summed E-state index contributed by atoms with van der Waals surface area (Å²) in [5.74, 6) is -0.903. The number of ketones is 2. The van der Waals surface area contributed by atoms with Crippen LogP contribution in [0.4, 0.5) is 0 Å². The first-order valence-corrected chi connectivity index (χ1v) is 5.24. The van der Waals surface area contributed by atoms with E-state index in [9.17, 15) is 14.4 Å². The Kier molecular flexibility index (Phi) is 6.30.